The third kappa shape index (κ3) is 5.75. The first-order valence-electron chi connectivity index (χ1n) is 5.93. The van der Waals surface area contributed by atoms with E-state index in [1.54, 1.807) is 19.5 Å². The lowest BCUT2D eigenvalue weighted by Crippen LogP contribution is -2.29. The second-order valence-electron chi connectivity index (χ2n) is 3.95. The van der Waals surface area contributed by atoms with Crippen LogP contribution in [-0.4, -0.2) is 49.8 Å². The van der Waals surface area contributed by atoms with E-state index in [4.69, 9.17) is 4.74 Å². The van der Waals surface area contributed by atoms with Gasteiger partial charge in [0.05, 0.1) is 20.1 Å². The van der Waals surface area contributed by atoms with Gasteiger partial charge < -0.3 is 9.47 Å². The SMILES string of the molecule is COCCN(CCC(=O)OC)Cc1ccncc1. The monoisotopic (exact) mass is 252 g/mol. The Bertz CT molecular complexity index is 343. The fourth-order valence-electron chi connectivity index (χ4n) is 1.59. The summed E-state index contributed by atoms with van der Waals surface area (Å²) >= 11 is 0. The normalized spacial score (nSPS) is 10.6. The molecule has 0 radical (unpaired) electrons. The topological polar surface area (TPSA) is 51.7 Å². The van der Waals surface area contributed by atoms with Gasteiger partial charge in [0.1, 0.15) is 0 Å². The van der Waals surface area contributed by atoms with E-state index in [1.807, 2.05) is 12.1 Å². The molecule has 1 aromatic heterocycles. The number of esters is 1. The average molecular weight is 252 g/mol. The number of nitrogens with zero attached hydrogens (tertiary/aromatic N) is 2. The Labute approximate surface area is 108 Å². The van der Waals surface area contributed by atoms with Gasteiger partial charge in [-0.05, 0) is 17.7 Å². The highest BCUT2D eigenvalue weighted by molar-refractivity contribution is 5.69. The van der Waals surface area contributed by atoms with Crippen molar-refractivity contribution in [2.75, 3.05) is 33.9 Å². The lowest BCUT2D eigenvalue weighted by molar-refractivity contribution is -0.141. The van der Waals surface area contributed by atoms with Gasteiger partial charge in [0.25, 0.3) is 0 Å². The minimum absolute atomic E-state index is 0.188. The van der Waals surface area contributed by atoms with Crippen molar-refractivity contribution < 1.29 is 14.3 Å². The Hall–Kier alpha value is -1.46. The fourth-order valence-corrected chi connectivity index (χ4v) is 1.59. The predicted molar refractivity (Wildman–Crippen MR) is 68.0 cm³/mol. The summed E-state index contributed by atoms with van der Waals surface area (Å²) in [4.78, 5) is 17.3. The summed E-state index contributed by atoms with van der Waals surface area (Å²) in [7, 11) is 3.08. The van der Waals surface area contributed by atoms with Crippen LogP contribution in [-0.2, 0) is 20.8 Å². The van der Waals surface area contributed by atoms with Crippen LogP contribution in [0.25, 0.3) is 0 Å². The molecule has 0 atom stereocenters. The number of carbonyl (C=O) groups is 1. The highest BCUT2D eigenvalue weighted by atomic mass is 16.5. The Morgan fingerprint density at radius 2 is 2.00 bits per heavy atom. The number of carbonyl (C=O) groups excluding carboxylic acids is 1. The molecule has 1 heterocycles. The van der Waals surface area contributed by atoms with Crippen LogP contribution in [0.5, 0.6) is 0 Å². The molecule has 0 aliphatic rings. The van der Waals surface area contributed by atoms with E-state index in [-0.39, 0.29) is 5.97 Å². The summed E-state index contributed by atoms with van der Waals surface area (Å²) in [5.41, 5.74) is 1.17. The highest BCUT2D eigenvalue weighted by Crippen LogP contribution is 2.04. The highest BCUT2D eigenvalue weighted by Gasteiger charge is 2.09. The van der Waals surface area contributed by atoms with Crippen molar-refractivity contribution in [3.05, 3.63) is 30.1 Å². The zero-order chi connectivity index (χ0) is 13.2. The van der Waals surface area contributed by atoms with Crippen LogP contribution in [0.2, 0.25) is 0 Å². The number of ether oxygens (including phenoxy) is 2. The van der Waals surface area contributed by atoms with Gasteiger partial charge in [-0.2, -0.15) is 0 Å². The summed E-state index contributed by atoms with van der Waals surface area (Å²) in [6, 6.07) is 3.94. The lowest BCUT2D eigenvalue weighted by atomic mass is 10.2. The van der Waals surface area contributed by atoms with Crippen molar-refractivity contribution in [2.45, 2.75) is 13.0 Å². The van der Waals surface area contributed by atoms with Gasteiger partial charge in [0, 0.05) is 39.1 Å². The van der Waals surface area contributed by atoms with Gasteiger partial charge in [0.2, 0.25) is 0 Å². The Kier molecular flexibility index (Phi) is 6.98. The first-order valence-corrected chi connectivity index (χ1v) is 5.93. The van der Waals surface area contributed by atoms with E-state index in [9.17, 15) is 4.79 Å². The molecule has 0 aliphatic carbocycles. The summed E-state index contributed by atoms with van der Waals surface area (Å²) in [5.74, 6) is -0.188. The summed E-state index contributed by atoms with van der Waals surface area (Å²) in [6.45, 7) is 2.88. The van der Waals surface area contributed by atoms with Crippen LogP contribution in [0.1, 0.15) is 12.0 Å². The quantitative estimate of drug-likeness (QED) is 0.648. The van der Waals surface area contributed by atoms with E-state index in [1.165, 1.54) is 12.7 Å². The van der Waals surface area contributed by atoms with Crippen molar-refractivity contribution >= 4 is 5.97 Å². The summed E-state index contributed by atoms with van der Waals surface area (Å²) in [6.07, 6.45) is 3.93. The van der Waals surface area contributed by atoms with E-state index >= 15 is 0 Å². The smallest absolute Gasteiger partial charge is 0.306 e. The maximum atomic E-state index is 11.2. The predicted octanol–water partition coefficient (Wildman–Crippen LogP) is 1.09. The number of hydrogen-bond acceptors (Lipinski definition) is 5. The van der Waals surface area contributed by atoms with Crippen LogP contribution in [0, 0.1) is 0 Å². The third-order valence-electron chi connectivity index (χ3n) is 2.63. The molecule has 0 amide bonds. The second kappa shape index (κ2) is 8.60. The number of pyridine rings is 1. The van der Waals surface area contributed by atoms with Crippen molar-refractivity contribution in [3.63, 3.8) is 0 Å². The average Bonchev–Trinajstić information content (AvgIpc) is 2.42. The van der Waals surface area contributed by atoms with Gasteiger partial charge >= 0.3 is 5.97 Å². The van der Waals surface area contributed by atoms with Gasteiger partial charge in [-0.15, -0.1) is 0 Å². The first-order chi connectivity index (χ1) is 8.76. The summed E-state index contributed by atoms with van der Waals surface area (Å²) in [5, 5.41) is 0. The van der Waals surface area contributed by atoms with Crippen LogP contribution in [0.4, 0.5) is 0 Å². The fraction of sp³-hybridized carbons (Fsp3) is 0.538. The van der Waals surface area contributed by atoms with Gasteiger partial charge in [-0.25, -0.2) is 0 Å². The first kappa shape index (κ1) is 14.6. The molecular weight excluding hydrogens is 232 g/mol. The second-order valence-corrected chi connectivity index (χ2v) is 3.95. The van der Waals surface area contributed by atoms with Gasteiger partial charge in [-0.1, -0.05) is 0 Å². The molecule has 5 heteroatoms. The van der Waals surface area contributed by atoms with Crippen molar-refractivity contribution in [1.29, 1.82) is 0 Å². The van der Waals surface area contributed by atoms with Crippen molar-refractivity contribution in [1.82, 2.24) is 9.88 Å². The van der Waals surface area contributed by atoms with Gasteiger partial charge in [0.15, 0.2) is 0 Å². The molecular formula is C13H20N2O3. The van der Waals surface area contributed by atoms with Crippen molar-refractivity contribution in [2.24, 2.45) is 0 Å². The zero-order valence-electron chi connectivity index (χ0n) is 11.0. The molecule has 1 rings (SSSR count). The zero-order valence-corrected chi connectivity index (χ0v) is 11.0. The molecule has 100 valence electrons. The van der Waals surface area contributed by atoms with Crippen LogP contribution in [0.3, 0.4) is 0 Å². The molecule has 0 bridgehead atoms. The molecule has 0 fully saturated rings. The number of aromatic nitrogens is 1. The molecule has 0 N–H and O–H groups in total. The maximum absolute atomic E-state index is 11.2. The molecule has 0 saturated carbocycles. The van der Waals surface area contributed by atoms with E-state index < -0.39 is 0 Å². The van der Waals surface area contributed by atoms with Crippen LogP contribution < -0.4 is 0 Å². The standard InChI is InChI=1S/C13H20N2O3/c1-17-10-9-15(8-5-13(16)18-2)11-12-3-6-14-7-4-12/h3-4,6-7H,5,8-11H2,1-2H3. The minimum atomic E-state index is -0.188. The Morgan fingerprint density at radius 3 is 2.61 bits per heavy atom. The number of hydrogen-bond donors (Lipinski definition) is 0. The third-order valence-corrected chi connectivity index (χ3v) is 2.63. The van der Waals surface area contributed by atoms with E-state index in [0.717, 1.165) is 13.1 Å². The number of methoxy groups -OCH3 is 2. The summed E-state index contributed by atoms with van der Waals surface area (Å²) < 4.78 is 9.72. The molecule has 0 saturated heterocycles. The largest absolute Gasteiger partial charge is 0.469 e. The van der Waals surface area contributed by atoms with Crippen LogP contribution >= 0.6 is 0 Å². The lowest BCUT2D eigenvalue weighted by Gasteiger charge is -2.21. The Balaban J connectivity index is 2.47. The van der Waals surface area contributed by atoms with Gasteiger partial charge in [-0.3, -0.25) is 14.7 Å². The van der Waals surface area contributed by atoms with Crippen molar-refractivity contribution in [3.8, 4) is 0 Å². The van der Waals surface area contributed by atoms with Crippen LogP contribution in [0.15, 0.2) is 24.5 Å². The molecule has 0 aromatic carbocycles. The van der Waals surface area contributed by atoms with E-state index in [2.05, 4.69) is 14.6 Å². The minimum Gasteiger partial charge on any atom is -0.469 e. The number of rotatable bonds is 8. The maximum Gasteiger partial charge on any atom is 0.306 e. The Morgan fingerprint density at radius 1 is 1.28 bits per heavy atom. The molecule has 5 nitrogen and oxygen atoms in total. The molecule has 0 spiro atoms. The molecule has 1 aromatic rings. The molecule has 0 unspecified atom stereocenters. The van der Waals surface area contributed by atoms with E-state index in [0.29, 0.717) is 19.6 Å². The molecule has 18 heavy (non-hydrogen) atoms. The molecule has 0 aliphatic heterocycles.